The Balaban J connectivity index is 1.90. The third-order valence-electron chi connectivity index (χ3n) is 4.07. The van der Waals surface area contributed by atoms with Crippen LogP contribution in [0.2, 0.25) is 0 Å². The molecule has 0 amide bonds. The molecule has 0 aliphatic carbocycles. The molecule has 3 N–H and O–H groups in total. The van der Waals surface area contributed by atoms with E-state index in [2.05, 4.69) is 4.98 Å². The van der Waals surface area contributed by atoms with Crippen molar-refractivity contribution in [2.24, 2.45) is 0 Å². The predicted molar refractivity (Wildman–Crippen MR) is 84.0 cm³/mol. The molecule has 120 valence electrons. The van der Waals surface area contributed by atoms with Crippen molar-refractivity contribution in [3.05, 3.63) is 21.3 Å². The fraction of sp³-hybridized carbons (Fsp3) is 0.538. The van der Waals surface area contributed by atoms with E-state index < -0.39 is 22.0 Å². The van der Waals surface area contributed by atoms with Crippen molar-refractivity contribution < 1.29 is 18.6 Å². The average molecular weight is 343 g/mol. The molecule has 0 bridgehead atoms. The van der Waals surface area contributed by atoms with Gasteiger partial charge in [-0.05, 0) is 13.8 Å². The van der Waals surface area contributed by atoms with Gasteiger partial charge in [-0.15, -0.1) is 11.3 Å². The number of aryl methyl sites for hydroxylation is 2. The Morgan fingerprint density at radius 2 is 2.05 bits per heavy atom. The number of aliphatic hydroxyl groups excluding tert-OH is 2. The first-order valence-electron chi connectivity index (χ1n) is 6.80. The second kappa shape index (κ2) is 5.04. The fourth-order valence-electron chi connectivity index (χ4n) is 2.80. The topological polar surface area (TPSA) is 115 Å². The van der Waals surface area contributed by atoms with Crippen LogP contribution >= 0.6 is 11.3 Å². The molecule has 0 saturated carbocycles. The Labute approximate surface area is 132 Å². The molecule has 0 spiro atoms. The van der Waals surface area contributed by atoms with Gasteiger partial charge in [-0.2, -0.15) is 0 Å². The van der Waals surface area contributed by atoms with E-state index in [1.165, 1.54) is 16.2 Å². The minimum Gasteiger partial charge on any atom is -0.510 e. The molecule has 2 atom stereocenters. The van der Waals surface area contributed by atoms with Gasteiger partial charge in [-0.1, -0.05) is 0 Å². The number of rotatable bonds is 2. The van der Waals surface area contributed by atoms with Crippen LogP contribution in [0.15, 0.2) is 5.76 Å². The van der Waals surface area contributed by atoms with E-state index in [1.54, 1.807) is 0 Å². The minimum absolute atomic E-state index is 0.00440. The number of nitrogens with zero attached hydrogens (tertiary/aromatic N) is 2. The molecular weight excluding hydrogens is 326 g/mol. The second-order valence-corrected chi connectivity index (χ2v) is 9.03. The van der Waals surface area contributed by atoms with E-state index in [0.29, 0.717) is 10.6 Å². The quantitative estimate of drug-likeness (QED) is 0.719. The molecule has 0 aromatic carbocycles. The fourth-order valence-corrected chi connectivity index (χ4v) is 5.58. The van der Waals surface area contributed by atoms with Gasteiger partial charge in [0.25, 0.3) is 0 Å². The lowest BCUT2D eigenvalue weighted by Gasteiger charge is -2.27. The van der Waals surface area contributed by atoms with Gasteiger partial charge < -0.3 is 15.1 Å². The molecule has 2 aliphatic heterocycles. The Morgan fingerprint density at radius 1 is 1.36 bits per heavy atom. The molecule has 7 nitrogen and oxygen atoms in total. The molecule has 0 unspecified atom stereocenters. The number of thiazole rings is 1. The molecule has 9 heteroatoms. The normalized spacial score (nSPS) is 28.0. The molecule has 1 aromatic rings. The SMILES string of the molecule is Cc1nc(C2=C(O)CN([C@H]3CS(=O)(=O)C[C@H]3O)C2=N)sc1C. The van der Waals surface area contributed by atoms with Crippen molar-refractivity contribution in [1.29, 1.82) is 5.41 Å². The Morgan fingerprint density at radius 3 is 2.55 bits per heavy atom. The standard InChI is InChI=1S/C13H17N3O4S2/c1-6-7(2)21-13(15-6)11-9(17)3-16(12(11)14)8-4-22(19,20)5-10(8)18/h8,10,14,17-18H,3-5H2,1-2H3/t8-,10+/m0/s1. The van der Waals surface area contributed by atoms with Crippen LogP contribution in [0.25, 0.3) is 5.57 Å². The Bertz CT molecular complexity index is 762. The van der Waals surface area contributed by atoms with E-state index in [0.717, 1.165) is 10.6 Å². The maximum absolute atomic E-state index is 11.7. The summed E-state index contributed by atoms with van der Waals surface area (Å²) in [5, 5.41) is 29.0. The third-order valence-corrected chi connectivity index (χ3v) is 6.86. The van der Waals surface area contributed by atoms with Gasteiger partial charge in [-0.3, -0.25) is 5.41 Å². The lowest BCUT2D eigenvalue weighted by Crippen LogP contribution is -2.44. The minimum atomic E-state index is -3.31. The van der Waals surface area contributed by atoms with Gasteiger partial charge in [0.15, 0.2) is 9.84 Å². The number of sulfone groups is 1. The highest BCUT2D eigenvalue weighted by Crippen LogP contribution is 2.34. The lowest BCUT2D eigenvalue weighted by atomic mass is 10.2. The van der Waals surface area contributed by atoms with Crippen LogP contribution < -0.4 is 0 Å². The maximum Gasteiger partial charge on any atom is 0.155 e. The van der Waals surface area contributed by atoms with Crippen LogP contribution in [0.4, 0.5) is 0 Å². The highest BCUT2D eigenvalue weighted by atomic mass is 32.2. The van der Waals surface area contributed by atoms with Crippen molar-refractivity contribution in [2.45, 2.75) is 26.0 Å². The van der Waals surface area contributed by atoms with Crippen LogP contribution in [-0.2, 0) is 9.84 Å². The molecule has 1 fully saturated rings. The smallest absolute Gasteiger partial charge is 0.155 e. The van der Waals surface area contributed by atoms with Gasteiger partial charge in [0, 0.05) is 4.88 Å². The van der Waals surface area contributed by atoms with Gasteiger partial charge in [0.05, 0.1) is 41.5 Å². The Kier molecular flexibility index (Phi) is 3.54. The number of hydrogen-bond donors (Lipinski definition) is 3. The van der Waals surface area contributed by atoms with Crippen molar-refractivity contribution in [2.75, 3.05) is 18.1 Å². The third kappa shape index (κ3) is 2.42. The molecule has 3 heterocycles. The molecule has 1 saturated heterocycles. The largest absolute Gasteiger partial charge is 0.510 e. The summed E-state index contributed by atoms with van der Waals surface area (Å²) in [6, 6.07) is -0.695. The molecule has 22 heavy (non-hydrogen) atoms. The van der Waals surface area contributed by atoms with Crippen LogP contribution in [0.5, 0.6) is 0 Å². The van der Waals surface area contributed by atoms with Gasteiger partial charge in [0.1, 0.15) is 16.6 Å². The number of hydrogen-bond acceptors (Lipinski definition) is 7. The van der Waals surface area contributed by atoms with E-state index in [-0.39, 0.29) is 29.6 Å². The summed E-state index contributed by atoms with van der Waals surface area (Å²) in [5.74, 6) is -0.484. The van der Waals surface area contributed by atoms with E-state index in [9.17, 15) is 18.6 Å². The molecule has 2 aliphatic rings. The summed E-state index contributed by atoms with van der Waals surface area (Å²) in [6.07, 6.45) is -1.04. The number of amidine groups is 1. The van der Waals surface area contributed by atoms with Crippen LogP contribution in [0.1, 0.15) is 15.6 Å². The van der Waals surface area contributed by atoms with Crippen LogP contribution in [0, 0.1) is 19.3 Å². The monoisotopic (exact) mass is 343 g/mol. The van der Waals surface area contributed by atoms with Crippen molar-refractivity contribution in [1.82, 2.24) is 9.88 Å². The molecule has 0 radical (unpaired) electrons. The summed E-state index contributed by atoms with van der Waals surface area (Å²) in [6.45, 7) is 3.80. The zero-order chi connectivity index (χ0) is 16.2. The van der Waals surface area contributed by atoms with Crippen LogP contribution in [-0.4, -0.2) is 64.5 Å². The summed E-state index contributed by atoms with van der Waals surface area (Å²) < 4.78 is 23.3. The van der Waals surface area contributed by atoms with Crippen molar-refractivity contribution in [3.8, 4) is 0 Å². The summed E-state index contributed by atoms with van der Waals surface area (Å²) in [7, 11) is -3.31. The maximum atomic E-state index is 11.7. The summed E-state index contributed by atoms with van der Waals surface area (Å²) in [5.41, 5.74) is 1.17. The summed E-state index contributed by atoms with van der Waals surface area (Å²) >= 11 is 1.39. The number of nitrogens with one attached hydrogen (secondary N) is 1. The Hall–Kier alpha value is -1.45. The van der Waals surface area contributed by atoms with E-state index in [4.69, 9.17) is 5.41 Å². The van der Waals surface area contributed by atoms with E-state index in [1.807, 2.05) is 13.8 Å². The molecule has 1 aromatic heterocycles. The first kappa shape index (κ1) is 15.4. The van der Waals surface area contributed by atoms with Crippen LogP contribution in [0.3, 0.4) is 0 Å². The predicted octanol–water partition coefficient (Wildman–Crippen LogP) is 0.480. The number of aliphatic hydroxyl groups is 2. The van der Waals surface area contributed by atoms with Gasteiger partial charge in [0.2, 0.25) is 0 Å². The lowest BCUT2D eigenvalue weighted by molar-refractivity contribution is 0.124. The first-order valence-corrected chi connectivity index (χ1v) is 9.44. The zero-order valence-electron chi connectivity index (χ0n) is 12.2. The summed E-state index contributed by atoms with van der Waals surface area (Å²) in [4.78, 5) is 6.81. The average Bonchev–Trinajstić information content (AvgIpc) is 2.96. The zero-order valence-corrected chi connectivity index (χ0v) is 13.8. The highest BCUT2D eigenvalue weighted by molar-refractivity contribution is 7.91. The second-order valence-electron chi connectivity index (χ2n) is 5.67. The van der Waals surface area contributed by atoms with E-state index >= 15 is 0 Å². The highest BCUT2D eigenvalue weighted by Gasteiger charge is 2.44. The van der Waals surface area contributed by atoms with Crippen molar-refractivity contribution in [3.63, 3.8) is 0 Å². The van der Waals surface area contributed by atoms with Gasteiger partial charge >= 0.3 is 0 Å². The van der Waals surface area contributed by atoms with Crippen molar-refractivity contribution >= 4 is 32.6 Å². The first-order chi connectivity index (χ1) is 10.2. The number of aromatic nitrogens is 1. The molecular formula is C13H17N3O4S2. The molecule has 3 rings (SSSR count). The van der Waals surface area contributed by atoms with Gasteiger partial charge in [-0.25, -0.2) is 13.4 Å².